The minimum atomic E-state index is -0.539. The molecule has 6 heteroatoms. The van der Waals surface area contributed by atoms with Crippen molar-refractivity contribution in [2.75, 3.05) is 0 Å². The van der Waals surface area contributed by atoms with Crippen LogP contribution in [0.5, 0.6) is 0 Å². The number of carbonyl (C=O) groups excluding carboxylic acids is 1. The molecule has 0 saturated carbocycles. The lowest BCUT2D eigenvalue weighted by atomic mass is 10.0. The molecule has 0 saturated heterocycles. The summed E-state index contributed by atoms with van der Waals surface area (Å²) in [5.41, 5.74) is 1.59. The molecule has 0 aliphatic heterocycles. The van der Waals surface area contributed by atoms with Gasteiger partial charge in [0.25, 0.3) is 0 Å². The number of hydrogen-bond donors (Lipinski definition) is 1. The lowest BCUT2D eigenvalue weighted by Crippen LogP contribution is -2.02. The summed E-state index contributed by atoms with van der Waals surface area (Å²) in [5.74, 6) is -1.03. The summed E-state index contributed by atoms with van der Waals surface area (Å²) >= 11 is 5.79. The maximum absolute atomic E-state index is 14.2. The smallest absolute Gasteiger partial charge is 0.203 e. The van der Waals surface area contributed by atoms with Crippen LogP contribution in [0.3, 0.4) is 0 Å². The molecule has 24 heavy (non-hydrogen) atoms. The molecule has 0 spiro atoms. The van der Waals surface area contributed by atoms with Crippen molar-refractivity contribution in [3.63, 3.8) is 0 Å². The van der Waals surface area contributed by atoms with Gasteiger partial charge in [-0.25, -0.2) is 4.39 Å². The Morgan fingerprint density at radius 1 is 1.33 bits per heavy atom. The number of aromatic nitrogens is 2. The highest BCUT2D eigenvalue weighted by molar-refractivity contribution is 6.30. The molecule has 3 aromatic rings. The van der Waals surface area contributed by atoms with Crippen molar-refractivity contribution in [2.45, 2.75) is 6.92 Å². The third kappa shape index (κ3) is 2.92. The van der Waals surface area contributed by atoms with Gasteiger partial charge in [0, 0.05) is 27.6 Å². The average Bonchev–Trinajstić information content (AvgIpc) is 2.93. The number of aryl methyl sites for hydroxylation is 1. The van der Waals surface area contributed by atoms with E-state index in [1.54, 1.807) is 25.1 Å². The molecule has 0 radical (unpaired) electrons. The van der Waals surface area contributed by atoms with Crippen LogP contribution in [0.25, 0.3) is 17.0 Å². The maximum atomic E-state index is 14.2. The highest BCUT2D eigenvalue weighted by atomic mass is 35.5. The lowest BCUT2D eigenvalue weighted by molar-refractivity contribution is 0.104. The summed E-state index contributed by atoms with van der Waals surface area (Å²) in [6, 6.07) is 10.9. The predicted octanol–water partition coefficient (Wildman–Crippen LogP) is 4.45. The SMILES string of the molecule is Cc1n[nH]c2cc(F)c(/C=C(/C#N)C(=O)c3ccc(Cl)cc3)cc12. The van der Waals surface area contributed by atoms with Crippen LogP contribution in [0.15, 0.2) is 42.0 Å². The number of allylic oxidation sites excluding steroid dienone is 1. The maximum Gasteiger partial charge on any atom is 0.203 e. The zero-order chi connectivity index (χ0) is 17.3. The van der Waals surface area contributed by atoms with Crippen molar-refractivity contribution < 1.29 is 9.18 Å². The largest absolute Gasteiger partial charge is 0.288 e. The number of H-pyrrole nitrogens is 1. The van der Waals surface area contributed by atoms with Gasteiger partial charge in [-0.15, -0.1) is 0 Å². The van der Waals surface area contributed by atoms with Gasteiger partial charge in [0.2, 0.25) is 5.78 Å². The van der Waals surface area contributed by atoms with Crippen molar-refractivity contribution >= 4 is 34.4 Å². The number of ketones is 1. The van der Waals surface area contributed by atoms with E-state index in [-0.39, 0.29) is 11.1 Å². The number of hydrogen-bond acceptors (Lipinski definition) is 3. The van der Waals surface area contributed by atoms with E-state index in [2.05, 4.69) is 10.2 Å². The molecule has 0 unspecified atom stereocenters. The monoisotopic (exact) mass is 339 g/mol. The number of rotatable bonds is 3. The summed E-state index contributed by atoms with van der Waals surface area (Å²) in [4.78, 5) is 12.4. The molecule has 1 heterocycles. The number of carbonyl (C=O) groups is 1. The first-order valence-corrected chi connectivity index (χ1v) is 7.43. The van der Waals surface area contributed by atoms with Gasteiger partial charge in [0.05, 0.1) is 11.2 Å². The van der Waals surface area contributed by atoms with Crippen LogP contribution in [0.4, 0.5) is 4.39 Å². The van der Waals surface area contributed by atoms with Crippen molar-refractivity contribution in [1.29, 1.82) is 5.26 Å². The Morgan fingerprint density at radius 3 is 2.71 bits per heavy atom. The fraction of sp³-hybridized carbons (Fsp3) is 0.0556. The highest BCUT2D eigenvalue weighted by Crippen LogP contribution is 2.23. The summed E-state index contributed by atoms with van der Waals surface area (Å²) < 4.78 is 14.2. The van der Waals surface area contributed by atoms with E-state index in [1.165, 1.54) is 24.3 Å². The topological polar surface area (TPSA) is 69.5 Å². The van der Waals surface area contributed by atoms with Crippen LogP contribution in [-0.2, 0) is 0 Å². The number of nitrogens with one attached hydrogen (secondary N) is 1. The number of benzene rings is 2. The van der Waals surface area contributed by atoms with Crippen LogP contribution in [0.2, 0.25) is 5.02 Å². The highest BCUT2D eigenvalue weighted by Gasteiger charge is 2.14. The van der Waals surface area contributed by atoms with Crippen LogP contribution >= 0.6 is 11.6 Å². The van der Waals surface area contributed by atoms with E-state index in [4.69, 9.17) is 11.6 Å². The molecule has 4 nitrogen and oxygen atoms in total. The third-order valence-corrected chi connectivity index (χ3v) is 3.89. The van der Waals surface area contributed by atoms with Gasteiger partial charge < -0.3 is 0 Å². The fourth-order valence-electron chi connectivity index (χ4n) is 2.36. The van der Waals surface area contributed by atoms with Crippen molar-refractivity contribution in [3.8, 4) is 6.07 Å². The van der Waals surface area contributed by atoms with Crippen molar-refractivity contribution in [3.05, 3.63) is 69.6 Å². The van der Waals surface area contributed by atoms with Crippen molar-refractivity contribution in [1.82, 2.24) is 10.2 Å². The number of fused-ring (bicyclic) bond motifs is 1. The molecule has 0 amide bonds. The Kier molecular flexibility index (Phi) is 4.15. The first kappa shape index (κ1) is 15.9. The molecule has 118 valence electrons. The molecular formula is C18H11ClFN3O. The number of halogens is 2. The number of aromatic amines is 1. The lowest BCUT2D eigenvalue weighted by Gasteiger charge is -2.02. The second kappa shape index (κ2) is 6.26. The van der Waals surface area contributed by atoms with Gasteiger partial charge in [0.15, 0.2) is 0 Å². The zero-order valence-electron chi connectivity index (χ0n) is 12.6. The van der Waals surface area contributed by atoms with E-state index in [0.29, 0.717) is 21.8 Å². The van der Waals surface area contributed by atoms with Crippen LogP contribution in [0.1, 0.15) is 21.6 Å². The van der Waals surface area contributed by atoms with E-state index in [9.17, 15) is 14.4 Å². The first-order valence-electron chi connectivity index (χ1n) is 7.06. The minimum absolute atomic E-state index is 0.156. The van der Waals surface area contributed by atoms with Gasteiger partial charge >= 0.3 is 0 Å². The van der Waals surface area contributed by atoms with E-state index < -0.39 is 11.6 Å². The second-order valence-electron chi connectivity index (χ2n) is 5.23. The summed E-state index contributed by atoms with van der Waals surface area (Å²) in [7, 11) is 0. The van der Waals surface area contributed by atoms with Crippen LogP contribution in [-0.4, -0.2) is 16.0 Å². The Bertz CT molecular complexity index is 1010. The van der Waals surface area contributed by atoms with Gasteiger partial charge in [0.1, 0.15) is 17.5 Å². The fourth-order valence-corrected chi connectivity index (χ4v) is 2.48. The first-order chi connectivity index (χ1) is 11.5. The number of nitriles is 1. The van der Waals surface area contributed by atoms with Crippen molar-refractivity contribution in [2.24, 2.45) is 0 Å². The predicted molar refractivity (Wildman–Crippen MR) is 90.2 cm³/mol. The van der Waals surface area contributed by atoms with Gasteiger partial charge in [-0.3, -0.25) is 9.89 Å². The number of nitrogens with zero attached hydrogens (tertiary/aromatic N) is 2. The average molecular weight is 340 g/mol. The van der Waals surface area contributed by atoms with Gasteiger partial charge in [-0.05, 0) is 43.3 Å². The van der Waals surface area contributed by atoms with E-state index in [0.717, 1.165) is 5.39 Å². The van der Waals surface area contributed by atoms with E-state index >= 15 is 0 Å². The molecule has 0 aliphatic carbocycles. The molecule has 0 bridgehead atoms. The zero-order valence-corrected chi connectivity index (χ0v) is 13.4. The summed E-state index contributed by atoms with van der Waals surface area (Å²) in [6.07, 6.45) is 1.25. The minimum Gasteiger partial charge on any atom is -0.288 e. The Morgan fingerprint density at radius 2 is 2.04 bits per heavy atom. The Hall–Kier alpha value is -2.97. The van der Waals surface area contributed by atoms with Gasteiger partial charge in [-0.2, -0.15) is 10.4 Å². The standard InChI is InChI=1S/C18H11ClFN3O/c1-10-15-7-12(16(20)8-17(15)23-22-10)6-13(9-21)18(24)11-2-4-14(19)5-3-11/h2-8H,1H3,(H,22,23)/b13-6-. The molecule has 3 rings (SSSR count). The number of Topliss-reactive ketones (excluding diaryl/α,β-unsaturated/α-hetero) is 1. The summed E-state index contributed by atoms with van der Waals surface area (Å²) in [5, 5.41) is 17.2. The molecule has 0 aliphatic rings. The normalized spacial score (nSPS) is 11.5. The molecule has 2 aromatic carbocycles. The molecule has 1 aromatic heterocycles. The van der Waals surface area contributed by atoms with E-state index in [1.807, 2.05) is 6.07 Å². The molecule has 0 fully saturated rings. The Labute approximate surface area is 142 Å². The second-order valence-corrected chi connectivity index (χ2v) is 5.67. The molecular weight excluding hydrogens is 329 g/mol. The van der Waals surface area contributed by atoms with Gasteiger partial charge in [-0.1, -0.05) is 11.6 Å². The molecule has 1 N–H and O–H groups in total. The third-order valence-electron chi connectivity index (χ3n) is 3.64. The van der Waals surface area contributed by atoms with Crippen LogP contribution in [0, 0.1) is 24.1 Å². The molecule has 0 atom stereocenters. The Balaban J connectivity index is 2.06. The summed E-state index contributed by atoms with van der Waals surface area (Å²) in [6.45, 7) is 1.79. The van der Waals surface area contributed by atoms with Crippen LogP contribution < -0.4 is 0 Å². The quantitative estimate of drug-likeness (QED) is 0.435.